The van der Waals surface area contributed by atoms with E-state index in [1.165, 1.54) is 33.3 Å². The van der Waals surface area contributed by atoms with E-state index in [1.54, 1.807) is 0 Å². The van der Waals surface area contributed by atoms with Crippen LogP contribution in [0.2, 0.25) is 0 Å². The van der Waals surface area contributed by atoms with Crippen LogP contribution < -0.4 is 5.73 Å². The number of benzene rings is 2. The summed E-state index contributed by atoms with van der Waals surface area (Å²) in [4.78, 5) is 3.64. The summed E-state index contributed by atoms with van der Waals surface area (Å²) in [6.07, 6.45) is 3.29. The van der Waals surface area contributed by atoms with Gasteiger partial charge in [-0.25, -0.2) is 0 Å². The number of aryl methyl sites for hydroxylation is 2. The van der Waals surface area contributed by atoms with Gasteiger partial charge in [0.25, 0.3) is 0 Å². The van der Waals surface area contributed by atoms with Crippen LogP contribution >= 0.6 is 0 Å². The molecule has 21 heavy (non-hydrogen) atoms. The minimum absolute atomic E-state index is 0.766. The van der Waals surface area contributed by atoms with Crippen molar-refractivity contribution in [2.75, 3.05) is 6.54 Å². The van der Waals surface area contributed by atoms with Crippen LogP contribution in [0, 0.1) is 6.92 Å². The Morgan fingerprint density at radius 2 is 1.76 bits per heavy atom. The number of para-hydroxylation sites is 1. The van der Waals surface area contributed by atoms with E-state index in [4.69, 9.17) is 5.73 Å². The summed E-state index contributed by atoms with van der Waals surface area (Å²) in [7, 11) is 0. The second-order valence-corrected chi connectivity index (χ2v) is 5.59. The molecule has 0 saturated carbocycles. The maximum atomic E-state index is 5.65. The number of nitrogens with one attached hydrogen (secondary N) is 1. The molecule has 0 spiro atoms. The molecule has 0 aliphatic carbocycles. The lowest BCUT2D eigenvalue weighted by Gasteiger charge is -2.05. The number of H-pyrrole nitrogens is 1. The number of nitrogens with two attached hydrogens (primary N) is 1. The molecule has 1 heterocycles. The Morgan fingerprint density at radius 3 is 2.52 bits per heavy atom. The highest BCUT2D eigenvalue weighted by atomic mass is 14.7. The summed E-state index contributed by atoms with van der Waals surface area (Å²) in [6.45, 7) is 2.93. The zero-order valence-corrected chi connectivity index (χ0v) is 12.5. The molecule has 0 aliphatic heterocycles. The first-order valence-corrected chi connectivity index (χ1v) is 7.67. The van der Waals surface area contributed by atoms with Gasteiger partial charge in [0.05, 0.1) is 0 Å². The van der Waals surface area contributed by atoms with Crippen LogP contribution in [-0.2, 0) is 6.42 Å². The molecule has 1 aromatic heterocycles. The second kappa shape index (κ2) is 6.15. The third-order valence-corrected chi connectivity index (χ3v) is 4.09. The van der Waals surface area contributed by atoms with E-state index < -0.39 is 0 Å². The Kier molecular flexibility index (Phi) is 4.07. The van der Waals surface area contributed by atoms with Crippen molar-refractivity contribution in [3.63, 3.8) is 0 Å². The Hall–Kier alpha value is -2.06. The Morgan fingerprint density at radius 1 is 0.952 bits per heavy atom. The van der Waals surface area contributed by atoms with E-state index in [1.807, 2.05) is 0 Å². The molecule has 0 radical (unpaired) electrons. The smallest absolute Gasteiger partial charge is 0.0497 e. The van der Waals surface area contributed by atoms with E-state index >= 15 is 0 Å². The van der Waals surface area contributed by atoms with E-state index in [-0.39, 0.29) is 0 Å². The topological polar surface area (TPSA) is 41.8 Å². The molecular weight excluding hydrogens is 256 g/mol. The van der Waals surface area contributed by atoms with Gasteiger partial charge in [0.1, 0.15) is 0 Å². The molecule has 0 amide bonds. The van der Waals surface area contributed by atoms with Gasteiger partial charge < -0.3 is 10.7 Å². The van der Waals surface area contributed by atoms with Gasteiger partial charge in [0.2, 0.25) is 0 Å². The lowest BCUT2D eigenvalue weighted by molar-refractivity contribution is 0.748. The van der Waals surface area contributed by atoms with Crippen LogP contribution in [0.15, 0.2) is 48.5 Å². The molecule has 0 aliphatic rings. The molecule has 0 fully saturated rings. The van der Waals surface area contributed by atoms with E-state index in [2.05, 4.69) is 60.4 Å². The van der Waals surface area contributed by atoms with Crippen LogP contribution in [0.3, 0.4) is 0 Å². The molecule has 2 aromatic carbocycles. The van der Waals surface area contributed by atoms with Crippen molar-refractivity contribution in [2.24, 2.45) is 5.73 Å². The molecule has 3 rings (SSSR count). The third-order valence-electron chi connectivity index (χ3n) is 4.09. The average molecular weight is 278 g/mol. The SMILES string of the molecule is Cc1cccc2c(CCCCN)c(-c3ccccc3)[nH]c12. The molecule has 3 aromatic rings. The first-order valence-electron chi connectivity index (χ1n) is 7.67. The van der Waals surface area contributed by atoms with Crippen LogP contribution in [0.4, 0.5) is 0 Å². The van der Waals surface area contributed by atoms with Gasteiger partial charge in [0.15, 0.2) is 0 Å². The lowest BCUT2D eigenvalue weighted by Crippen LogP contribution is -1.99. The number of hydrogen-bond acceptors (Lipinski definition) is 1. The molecular formula is C19H22N2. The van der Waals surface area contributed by atoms with Gasteiger partial charge in [0, 0.05) is 16.6 Å². The minimum Gasteiger partial charge on any atom is -0.354 e. The number of fused-ring (bicyclic) bond motifs is 1. The maximum absolute atomic E-state index is 5.65. The van der Waals surface area contributed by atoms with Gasteiger partial charge in [-0.05, 0) is 49.4 Å². The van der Waals surface area contributed by atoms with Crippen LogP contribution in [0.5, 0.6) is 0 Å². The van der Waals surface area contributed by atoms with Gasteiger partial charge in [-0.3, -0.25) is 0 Å². The second-order valence-electron chi connectivity index (χ2n) is 5.59. The molecule has 0 atom stereocenters. The zero-order valence-electron chi connectivity index (χ0n) is 12.5. The van der Waals surface area contributed by atoms with E-state index in [0.717, 1.165) is 25.8 Å². The fourth-order valence-corrected chi connectivity index (χ4v) is 2.98. The molecule has 3 N–H and O–H groups in total. The largest absolute Gasteiger partial charge is 0.354 e. The number of aromatic nitrogens is 1. The van der Waals surface area contributed by atoms with Crippen LogP contribution in [0.1, 0.15) is 24.0 Å². The highest BCUT2D eigenvalue weighted by molar-refractivity contribution is 5.92. The van der Waals surface area contributed by atoms with Crippen molar-refractivity contribution in [1.82, 2.24) is 4.98 Å². The summed E-state index contributed by atoms with van der Waals surface area (Å²) in [5.74, 6) is 0. The van der Waals surface area contributed by atoms with Crippen molar-refractivity contribution < 1.29 is 0 Å². The molecule has 0 bridgehead atoms. The van der Waals surface area contributed by atoms with Crippen molar-refractivity contribution >= 4 is 10.9 Å². The number of aromatic amines is 1. The molecule has 2 nitrogen and oxygen atoms in total. The first kappa shape index (κ1) is 13.9. The Labute approximate surface area is 126 Å². The number of hydrogen-bond donors (Lipinski definition) is 2. The van der Waals surface area contributed by atoms with Crippen molar-refractivity contribution in [3.05, 3.63) is 59.7 Å². The highest BCUT2D eigenvalue weighted by Gasteiger charge is 2.13. The molecule has 0 unspecified atom stereocenters. The zero-order chi connectivity index (χ0) is 14.7. The summed E-state index contributed by atoms with van der Waals surface area (Å²) in [5, 5.41) is 1.35. The van der Waals surface area contributed by atoms with Gasteiger partial charge in [-0.1, -0.05) is 48.5 Å². The van der Waals surface area contributed by atoms with E-state index in [9.17, 15) is 0 Å². The molecule has 0 saturated heterocycles. The van der Waals surface area contributed by atoms with Crippen molar-refractivity contribution in [2.45, 2.75) is 26.2 Å². The first-order chi connectivity index (χ1) is 10.3. The van der Waals surface area contributed by atoms with Crippen molar-refractivity contribution in [1.29, 1.82) is 0 Å². The van der Waals surface area contributed by atoms with Gasteiger partial charge >= 0.3 is 0 Å². The fraction of sp³-hybridized carbons (Fsp3) is 0.263. The summed E-state index contributed by atoms with van der Waals surface area (Å²) in [5.41, 5.74) is 12.2. The Balaban J connectivity index is 2.13. The fourth-order valence-electron chi connectivity index (χ4n) is 2.98. The van der Waals surface area contributed by atoms with E-state index in [0.29, 0.717) is 0 Å². The minimum atomic E-state index is 0.766. The van der Waals surface area contributed by atoms with Gasteiger partial charge in [-0.15, -0.1) is 0 Å². The summed E-state index contributed by atoms with van der Waals surface area (Å²) >= 11 is 0. The summed E-state index contributed by atoms with van der Waals surface area (Å²) < 4.78 is 0. The van der Waals surface area contributed by atoms with Crippen molar-refractivity contribution in [3.8, 4) is 11.3 Å². The van der Waals surface area contributed by atoms with Crippen LogP contribution in [-0.4, -0.2) is 11.5 Å². The average Bonchev–Trinajstić information content (AvgIpc) is 2.89. The van der Waals surface area contributed by atoms with Crippen LogP contribution in [0.25, 0.3) is 22.2 Å². The number of unbranched alkanes of at least 4 members (excludes halogenated alkanes) is 1. The maximum Gasteiger partial charge on any atom is 0.0497 e. The predicted molar refractivity (Wildman–Crippen MR) is 90.5 cm³/mol. The highest BCUT2D eigenvalue weighted by Crippen LogP contribution is 2.32. The monoisotopic (exact) mass is 278 g/mol. The number of rotatable bonds is 5. The van der Waals surface area contributed by atoms with Gasteiger partial charge in [-0.2, -0.15) is 0 Å². The standard InChI is InChI=1S/C19H22N2/c1-14-8-7-12-16-17(11-5-6-13-20)19(21-18(14)16)15-9-3-2-4-10-15/h2-4,7-10,12,21H,5-6,11,13,20H2,1H3. The molecule has 2 heteroatoms. The predicted octanol–water partition coefficient (Wildman–Crippen LogP) is 4.42. The normalized spacial score (nSPS) is 11.1. The summed E-state index contributed by atoms with van der Waals surface area (Å²) in [6, 6.07) is 17.1. The lowest BCUT2D eigenvalue weighted by atomic mass is 9.99. The quantitative estimate of drug-likeness (QED) is 0.666. The molecule has 108 valence electrons. The Bertz CT molecular complexity index is 726. The third kappa shape index (κ3) is 2.72.